The van der Waals surface area contributed by atoms with Crippen LogP contribution in [0.3, 0.4) is 0 Å². The molecule has 24 heavy (non-hydrogen) atoms. The van der Waals surface area contributed by atoms with E-state index in [-0.39, 0.29) is 16.0 Å². The van der Waals surface area contributed by atoms with E-state index >= 15 is 0 Å². The van der Waals surface area contributed by atoms with E-state index in [1.165, 1.54) is 49.9 Å². The van der Waals surface area contributed by atoms with Gasteiger partial charge in [-0.15, -0.1) is 0 Å². The minimum atomic E-state index is -3.80. The highest BCUT2D eigenvalue weighted by Crippen LogP contribution is 2.71. The van der Waals surface area contributed by atoms with Gasteiger partial charge in [0.15, 0.2) is 0 Å². The van der Waals surface area contributed by atoms with E-state index in [1.54, 1.807) is 0 Å². The molecule has 3 aliphatic rings. The first-order valence-corrected chi connectivity index (χ1v) is 9.92. The van der Waals surface area contributed by atoms with Crippen molar-refractivity contribution in [2.45, 2.75) is 56.3 Å². The van der Waals surface area contributed by atoms with E-state index in [0.717, 1.165) is 31.4 Å². The van der Waals surface area contributed by atoms with Crippen LogP contribution >= 0.6 is 0 Å². The molecule has 0 N–H and O–H groups in total. The summed E-state index contributed by atoms with van der Waals surface area (Å²) in [6, 6.07) is 4.99. The highest BCUT2D eigenvalue weighted by atomic mass is 32.2. The van der Waals surface area contributed by atoms with Crippen LogP contribution in [0.15, 0.2) is 33.6 Å². The van der Waals surface area contributed by atoms with Crippen molar-refractivity contribution in [3.8, 4) is 0 Å². The molecule has 0 saturated heterocycles. The third-order valence-corrected chi connectivity index (χ3v) is 7.83. The minimum Gasteiger partial charge on any atom is -0.258 e. The Morgan fingerprint density at radius 2 is 1.71 bits per heavy atom. The Bertz CT molecular complexity index is 819. The molecule has 1 aromatic rings. The first-order chi connectivity index (χ1) is 11.4. The van der Waals surface area contributed by atoms with Gasteiger partial charge in [-0.05, 0) is 62.5 Å². The van der Waals surface area contributed by atoms with Crippen molar-refractivity contribution in [1.82, 2.24) is 0 Å². The molecule has 1 unspecified atom stereocenters. The van der Waals surface area contributed by atoms with Crippen molar-refractivity contribution in [2.75, 3.05) is 0 Å². The second-order valence-corrected chi connectivity index (χ2v) is 8.94. The largest absolute Gasteiger partial charge is 0.282 e. The zero-order valence-electron chi connectivity index (χ0n) is 13.4. The summed E-state index contributed by atoms with van der Waals surface area (Å²) >= 11 is 0. The van der Waals surface area contributed by atoms with Crippen LogP contribution in [0, 0.1) is 20.9 Å². The molecule has 3 fully saturated rings. The van der Waals surface area contributed by atoms with Crippen LogP contribution in [0.25, 0.3) is 0 Å². The Hall–Kier alpha value is -1.76. The van der Waals surface area contributed by atoms with Crippen LogP contribution in [0.5, 0.6) is 0 Å². The summed E-state index contributed by atoms with van der Waals surface area (Å²) in [6.45, 7) is 0. The average molecular weight is 348 g/mol. The normalized spacial score (nSPS) is 29.6. The summed E-state index contributed by atoms with van der Waals surface area (Å²) in [7, 11) is -3.80. The summed E-state index contributed by atoms with van der Waals surface area (Å²) < 4.78 is 29.5. The summed E-state index contributed by atoms with van der Waals surface area (Å²) in [6.07, 6.45) is 8.72. The number of nitrogens with zero attached hydrogens (tertiary/aromatic N) is 2. The van der Waals surface area contributed by atoms with Gasteiger partial charge in [0.1, 0.15) is 0 Å². The number of sulfonamides is 1. The molecule has 0 bridgehead atoms. The Morgan fingerprint density at radius 1 is 1.00 bits per heavy atom. The standard InChI is InChI=1S/C17H20N2O4S/c20-19(21)13-4-6-14(7-5-13)24(22,23)18-15-3-1-10-17(15)12-11-16(17)8-2-9-16/h4-7H,1-3,8-12H2/b18-15+. The molecule has 1 atom stereocenters. The summed E-state index contributed by atoms with van der Waals surface area (Å²) in [5, 5.41) is 10.7. The molecule has 128 valence electrons. The van der Waals surface area contributed by atoms with Gasteiger partial charge in [-0.25, -0.2) is 0 Å². The van der Waals surface area contributed by atoms with Crippen molar-refractivity contribution >= 4 is 21.4 Å². The first kappa shape index (κ1) is 15.7. The maximum absolute atomic E-state index is 12.7. The van der Waals surface area contributed by atoms with Crippen molar-refractivity contribution in [3.05, 3.63) is 34.4 Å². The quantitative estimate of drug-likeness (QED) is 0.613. The molecule has 0 aromatic heterocycles. The molecule has 3 aliphatic carbocycles. The van der Waals surface area contributed by atoms with Gasteiger partial charge in [-0.2, -0.15) is 12.8 Å². The molecule has 0 heterocycles. The van der Waals surface area contributed by atoms with Gasteiger partial charge in [-0.3, -0.25) is 10.1 Å². The molecule has 3 saturated carbocycles. The van der Waals surface area contributed by atoms with Crippen LogP contribution in [0.2, 0.25) is 0 Å². The lowest BCUT2D eigenvalue weighted by Gasteiger charge is -2.63. The fourth-order valence-corrected chi connectivity index (χ4v) is 6.11. The number of hydrogen-bond acceptors (Lipinski definition) is 4. The number of hydrogen-bond donors (Lipinski definition) is 0. The topological polar surface area (TPSA) is 89.6 Å². The van der Waals surface area contributed by atoms with E-state index in [2.05, 4.69) is 4.40 Å². The van der Waals surface area contributed by atoms with Crippen molar-refractivity contribution in [3.63, 3.8) is 0 Å². The maximum Gasteiger partial charge on any atom is 0.282 e. The highest BCUT2D eigenvalue weighted by Gasteiger charge is 2.64. The van der Waals surface area contributed by atoms with E-state index in [1.807, 2.05) is 0 Å². The van der Waals surface area contributed by atoms with E-state index in [0.29, 0.717) is 5.41 Å². The number of rotatable bonds is 3. The molecule has 1 aromatic carbocycles. The van der Waals surface area contributed by atoms with Crippen LogP contribution < -0.4 is 0 Å². The SMILES string of the molecule is O=[N+]([O-])c1ccc(S(=O)(=O)/N=C2\CCCC23CCC32CCC2)cc1. The third-order valence-electron chi connectivity index (χ3n) is 6.50. The van der Waals surface area contributed by atoms with Gasteiger partial charge >= 0.3 is 0 Å². The lowest BCUT2D eigenvalue weighted by atomic mass is 9.40. The van der Waals surface area contributed by atoms with E-state index in [9.17, 15) is 18.5 Å². The number of non-ortho nitro benzene ring substituents is 1. The maximum atomic E-state index is 12.7. The highest BCUT2D eigenvalue weighted by molar-refractivity contribution is 7.90. The molecule has 2 spiro atoms. The van der Waals surface area contributed by atoms with Crippen LogP contribution in [0.4, 0.5) is 5.69 Å². The van der Waals surface area contributed by atoms with Gasteiger partial charge in [-0.1, -0.05) is 6.42 Å². The second-order valence-electron chi connectivity index (χ2n) is 7.33. The number of nitro groups is 1. The fourth-order valence-electron chi connectivity index (χ4n) is 4.96. The average Bonchev–Trinajstić information content (AvgIpc) is 2.90. The molecule has 7 heteroatoms. The summed E-state index contributed by atoms with van der Waals surface area (Å²) in [5.41, 5.74) is 1.06. The molecular weight excluding hydrogens is 328 g/mol. The number of nitro benzene ring substituents is 1. The predicted molar refractivity (Wildman–Crippen MR) is 89.5 cm³/mol. The van der Waals surface area contributed by atoms with Crippen LogP contribution in [-0.4, -0.2) is 19.1 Å². The van der Waals surface area contributed by atoms with Gasteiger partial charge in [0.05, 0.1) is 9.82 Å². The van der Waals surface area contributed by atoms with Gasteiger partial charge < -0.3 is 0 Å². The monoisotopic (exact) mass is 348 g/mol. The van der Waals surface area contributed by atoms with E-state index in [4.69, 9.17) is 0 Å². The van der Waals surface area contributed by atoms with Crippen LogP contribution in [-0.2, 0) is 10.0 Å². The Labute approximate surface area is 141 Å². The van der Waals surface area contributed by atoms with Crippen molar-refractivity contribution in [1.29, 1.82) is 0 Å². The number of fused-ring (bicyclic) bond motifs is 1. The van der Waals surface area contributed by atoms with Gasteiger partial charge in [0, 0.05) is 23.3 Å². The van der Waals surface area contributed by atoms with Crippen LogP contribution in [0.1, 0.15) is 51.4 Å². The van der Waals surface area contributed by atoms with Gasteiger partial charge in [0.25, 0.3) is 15.7 Å². The predicted octanol–water partition coefficient (Wildman–Crippen LogP) is 3.86. The Balaban J connectivity index is 1.67. The Morgan fingerprint density at radius 3 is 2.21 bits per heavy atom. The third kappa shape index (κ3) is 2.06. The summed E-state index contributed by atoms with van der Waals surface area (Å²) in [5.74, 6) is 0. The van der Waals surface area contributed by atoms with Crippen molar-refractivity contribution in [2.24, 2.45) is 15.2 Å². The molecule has 0 aliphatic heterocycles. The molecule has 4 rings (SSSR count). The Kier molecular flexibility index (Phi) is 3.36. The second kappa shape index (κ2) is 5.12. The van der Waals surface area contributed by atoms with Gasteiger partial charge in [0.2, 0.25) is 0 Å². The van der Waals surface area contributed by atoms with E-state index < -0.39 is 14.9 Å². The fraction of sp³-hybridized carbons (Fsp3) is 0.588. The van der Waals surface area contributed by atoms with Crippen molar-refractivity contribution < 1.29 is 13.3 Å². The first-order valence-electron chi connectivity index (χ1n) is 8.48. The smallest absolute Gasteiger partial charge is 0.258 e. The summed E-state index contributed by atoms with van der Waals surface area (Å²) in [4.78, 5) is 10.2. The molecule has 0 amide bonds. The molecule has 6 nitrogen and oxygen atoms in total. The lowest BCUT2D eigenvalue weighted by molar-refractivity contribution is -0.384. The molecule has 0 radical (unpaired) electrons. The zero-order chi connectivity index (χ0) is 17.0. The zero-order valence-corrected chi connectivity index (χ0v) is 14.2. The minimum absolute atomic E-state index is 0.0130. The molecular formula is C17H20N2O4S. The lowest BCUT2D eigenvalue weighted by Crippen LogP contribution is -2.57. The number of benzene rings is 1.